The highest BCUT2D eigenvalue weighted by Crippen LogP contribution is 2.17. The Bertz CT molecular complexity index is 400. The van der Waals surface area contributed by atoms with E-state index in [1.54, 1.807) is 0 Å². The topological polar surface area (TPSA) is 63.6 Å². The summed E-state index contributed by atoms with van der Waals surface area (Å²) in [6, 6.07) is 3.60. The fraction of sp³-hybridized carbons (Fsp3) is 0.200. The molecule has 0 spiro atoms. The minimum Gasteiger partial charge on any atom is -0.497 e. The van der Waals surface area contributed by atoms with Crippen LogP contribution in [0.15, 0.2) is 18.2 Å². The third-order valence-corrected chi connectivity index (χ3v) is 1.79. The molecular formula is C10H9FO4. The van der Waals surface area contributed by atoms with Crippen molar-refractivity contribution in [1.82, 2.24) is 0 Å². The molecule has 0 heterocycles. The van der Waals surface area contributed by atoms with Crippen LogP contribution in [0, 0.1) is 5.82 Å². The van der Waals surface area contributed by atoms with E-state index >= 15 is 0 Å². The van der Waals surface area contributed by atoms with E-state index in [4.69, 9.17) is 9.84 Å². The van der Waals surface area contributed by atoms with Gasteiger partial charge in [0.2, 0.25) is 0 Å². The highest BCUT2D eigenvalue weighted by Gasteiger charge is 2.15. The largest absolute Gasteiger partial charge is 0.497 e. The molecule has 0 aliphatic carbocycles. The molecule has 4 nitrogen and oxygen atoms in total. The number of Topliss-reactive ketones (excluding diaryl/α,β-unsaturated/α-hetero) is 1. The number of methoxy groups -OCH3 is 1. The first kappa shape index (κ1) is 11.2. The Morgan fingerprint density at radius 1 is 1.47 bits per heavy atom. The summed E-state index contributed by atoms with van der Waals surface area (Å²) in [6.45, 7) is 0. The molecule has 80 valence electrons. The Balaban J connectivity index is 3.01. The summed E-state index contributed by atoms with van der Waals surface area (Å²) in [5, 5.41) is 8.39. The number of carboxylic acid groups (broad SMARTS) is 1. The molecule has 0 aliphatic heterocycles. The van der Waals surface area contributed by atoms with Crippen molar-refractivity contribution in [3.63, 3.8) is 0 Å². The van der Waals surface area contributed by atoms with Crippen molar-refractivity contribution in [1.29, 1.82) is 0 Å². The molecule has 0 aliphatic rings. The first-order valence-corrected chi connectivity index (χ1v) is 4.13. The lowest BCUT2D eigenvalue weighted by atomic mass is 10.1. The molecule has 0 fully saturated rings. The Kier molecular flexibility index (Phi) is 3.38. The molecule has 0 atom stereocenters. The molecule has 0 bridgehead atoms. The van der Waals surface area contributed by atoms with Gasteiger partial charge >= 0.3 is 5.97 Å². The quantitative estimate of drug-likeness (QED) is 0.606. The van der Waals surface area contributed by atoms with Gasteiger partial charge in [0.25, 0.3) is 0 Å². The smallest absolute Gasteiger partial charge is 0.311 e. The van der Waals surface area contributed by atoms with Crippen molar-refractivity contribution in [2.24, 2.45) is 0 Å². The molecule has 15 heavy (non-hydrogen) atoms. The minimum absolute atomic E-state index is 0.267. The molecule has 1 rings (SSSR count). The molecule has 1 aromatic carbocycles. The summed E-state index contributed by atoms with van der Waals surface area (Å²) in [5.74, 6) is -2.51. The van der Waals surface area contributed by atoms with Crippen LogP contribution < -0.4 is 4.74 Å². The van der Waals surface area contributed by atoms with Gasteiger partial charge in [-0.3, -0.25) is 9.59 Å². The van der Waals surface area contributed by atoms with E-state index in [1.807, 2.05) is 0 Å². The maximum Gasteiger partial charge on any atom is 0.311 e. The summed E-state index contributed by atoms with van der Waals surface area (Å²) >= 11 is 0. The van der Waals surface area contributed by atoms with Crippen molar-refractivity contribution in [3.8, 4) is 5.75 Å². The van der Waals surface area contributed by atoms with Gasteiger partial charge in [-0.25, -0.2) is 4.39 Å². The van der Waals surface area contributed by atoms with Crippen molar-refractivity contribution in [2.45, 2.75) is 6.42 Å². The number of rotatable bonds is 4. The Hall–Kier alpha value is -1.91. The number of benzene rings is 1. The van der Waals surface area contributed by atoms with Gasteiger partial charge in [-0.2, -0.15) is 0 Å². The first-order chi connectivity index (χ1) is 7.04. The van der Waals surface area contributed by atoms with Crippen LogP contribution >= 0.6 is 0 Å². The van der Waals surface area contributed by atoms with Crippen molar-refractivity contribution >= 4 is 11.8 Å². The number of carbonyl (C=O) groups is 2. The summed E-state index contributed by atoms with van der Waals surface area (Å²) in [7, 11) is 1.37. The van der Waals surface area contributed by atoms with Gasteiger partial charge in [0.05, 0.1) is 12.7 Å². The average molecular weight is 212 g/mol. The number of hydrogen-bond donors (Lipinski definition) is 1. The number of aliphatic carboxylic acids is 1. The predicted molar refractivity (Wildman–Crippen MR) is 49.5 cm³/mol. The molecule has 0 unspecified atom stereocenters. The molecule has 0 saturated carbocycles. The maximum atomic E-state index is 13.1. The third kappa shape index (κ3) is 2.77. The van der Waals surface area contributed by atoms with Gasteiger partial charge in [0, 0.05) is 0 Å². The normalized spacial score (nSPS) is 9.73. The van der Waals surface area contributed by atoms with Crippen LogP contribution in [-0.2, 0) is 4.79 Å². The van der Waals surface area contributed by atoms with E-state index in [2.05, 4.69) is 0 Å². The van der Waals surface area contributed by atoms with Crippen molar-refractivity contribution in [2.75, 3.05) is 7.11 Å². The minimum atomic E-state index is -1.29. The van der Waals surface area contributed by atoms with E-state index in [-0.39, 0.29) is 5.56 Å². The van der Waals surface area contributed by atoms with Gasteiger partial charge < -0.3 is 9.84 Å². The van der Waals surface area contributed by atoms with Gasteiger partial charge in [-0.05, 0) is 18.2 Å². The molecule has 5 heteroatoms. The van der Waals surface area contributed by atoms with Gasteiger partial charge in [-0.1, -0.05) is 0 Å². The molecule has 0 saturated heterocycles. The van der Waals surface area contributed by atoms with E-state index < -0.39 is 24.0 Å². The van der Waals surface area contributed by atoms with Crippen molar-refractivity contribution < 1.29 is 23.8 Å². The maximum absolute atomic E-state index is 13.1. The lowest BCUT2D eigenvalue weighted by Crippen LogP contribution is -2.09. The molecule has 1 aromatic rings. The number of halogens is 1. The number of ether oxygens (including phenoxy) is 1. The SMILES string of the molecule is COc1ccc(F)c(C(=O)CC(=O)O)c1. The highest BCUT2D eigenvalue weighted by molar-refractivity contribution is 6.05. The molecule has 0 aromatic heterocycles. The average Bonchev–Trinajstić information content (AvgIpc) is 2.17. The van der Waals surface area contributed by atoms with Gasteiger partial charge in [0.1, 0.15) is 18.0 Å². The van der Waals surface area contributed by atoms with Crippen LogP contribution in [0.1, 0.15) is 16.8 Å². The molecular weight excluding hydrogens is 203 g/mol. The molecule has 0 radical (unpaired) electrons. The van der Waals surface area contributed by atoms with Crippen LogP contribution in [0.2, 0.25) is 0 Å². The van der Waals surface area contributed by atoms with Gasteiger partial charge in [0.15, 0.2) is 5.78 Å². The van der Waals surface area contributed by atoms with E-state index in [0.29, 0.717) is 5.75 Å². The lowest BCUT2D eigenvalue weighted by molar-refractivity contribution is -0.135. The number of ketones is 1. The fourth-order valence-corrected chi connectivity index (χ4v) is 1.08. The summed E-state index contributed by atoms with van der Waals surface area (Å²) < 4.78 is 17.9. The summed E-state index contributed by atoms with van der Waals surface area (Å²) in [4.78, 5) is 21.5. The second kappa shape index (κ2) is 4.54. The number of hydrogen-bond acceptors (Lipinski definition) is 3. The first-order valence-electron chi connectivity index (χ1n) is 4.13. The fourth-order valence-electron chi connectivity index (χ4n) is 1.08. The number of carboxylic acids is 1. The van der Waals surface area contributed by atoms with Crippen LogP contribution in [0.3, 0.4) is 0 Å². The Morgan fingerprint density at radius 3 is 2.67 bits per heavy atom. The Labute approximate surface area is 85.3 Å². The zero-order chi connectivity index (χ0) is 11.4. The monoisotopic (exact) mass is 212 g/mol. The van der Waals surface area contributed by atoms with Crippen LogP contribution in [0.4, 0.5) is 4.39 Å². The van der Waals surface area contributed by atoms with Crippen LogP contribution in [-0.4, -0.2) is 24.0 Å². The predicted octanol–water partition coefficient (Wildman–Crippen LogP) is 1.49. The van der Waals surface area contributed by atoms with Crippen LogP contribution in [0.5, 0.6) is 5.75 Å². The zero-order valence-electron chi connectivity index (χ0n) is 7.99. The third-order valence-electron chi connectivity index (χ3n) is 1.79. The lowest BCUT2D eigenvalue weighted by Gasteiger charge is -2.03. The zero-order valence-corrected chi connectivity index (χ0v) is 7.99. The van der Waals surface area contributed by atoms with E-state index in [0.717, 1.165) is 6.07 Å². The number of carbonyl (C=O) groups excluding carboxylic acids is 1. The summed E-state index contributed by atoms with van der Waals surface area (Å²) in [5.41, 5.74) is -0.267. The van der Waals surface area contributed by atoms with Gasteiger partial charge in [-0.15, -0.1) is 0 Å². The van der Waals surface area contributed by atoms with Crippen molar-refractivity contribution in [3.05, 3.63) is 29.6 Å². The second-order valence-corrected chi connectivity index (χ2v) is 2.84. The van der Waals surface area contributed by atoms with E-state index in [9.17, 15) is 14.0 Å². The highest BCUT2D eigenvalue weighted by atomic mass is 19.1. The standard InChI is InChI=1S/C10H9FO4/c1-15-6-2-3-8(11)7(4-6)9(12)5-10(13)14/h2-4H,5H2,1H3,(H,13,14). The van der Waals surface area contributed by atoms with E-state index in [1.165, 1.54) is 19.2 Å². The molecule has 1 N–H and O–H groups in total. The molecule has 0 amide bonds. The second-order valence-electron chi connectivity index (χ2n) is 2.84. The van der Waals surface area contributed by atoms with Crippen LogP contribution in [0.25, 0.3) is 0 Å². The summed E-state index contributed by atoms with van der Waals surface area (Å²) in [6.07, 6.45) is -0.732. The Morgan fingerprint density at radius 2 is 2.13 bits per heavy atom.